The lowest BCUT2D eigenvalue weighted by atomic mass is 9.73. The molecule has 2 aliphatic rings. The van der Waals surface area contributed by atoms with Crippen molar-refractivity contribution in [2.24, 2.45) is 5.41 Å². The Morgan fingerprint density at radius 3 is 2.79 bits per heavy atom. The van der Waals surface area contributed by atoms with Crippen LogP contribution in [-0.4, -0.2) is 34.3 Å². The summed E-state index contributed by atoms with van der Waals surface area (Å²) in [7, 11) is 1.63. The van der Waals surface area contributed by atoms with E-state index in [2.05, 4.69) is 42.0 Å². The van der Waals surface area contributed by atoms with Crippen molar-refractivity contribution in [2.45, 2.75) is 63.4 Å². The number of hydrogen-bond acceptors (Lipinski definition) is 7. The number of fused-ring (bicyclic) bond motifs is 1. The maximum Gasteiger partial charge on any atom is 0.227 e. The summed E-state index contributed by atoms with van der Waals surface area (Å²) in [5.41, 5.74) is 3.37. The lowest BCUT2D eigenvalue weighted by Crippen LogP contribution is -2.36. The molecule has 0 amide bonds. The van der Waals surface area contributed by atoms with Crippen molar-refractivity contribution < 1.29 is 14.3 Å². The summed E-state index contributed by atoms with van der Waals surface area (Å²) in [6.07, 6.45) is 3.20. The monoisotopic (exact) mass is 630 g/mol. The van der Waals surface area contributed by atoms with E-state index in [0.717, 1.165) is 46.1 Å². The van der Waals surface area contributed by atoms with Crippen LogP contribution in [0.3, 0.4) is 0 Å². The van der Waals surface area contributed by atoms with E-state index in [1.54, 1.807) is 7.11 Å². The van der Waals surface area contributed by atoms with E-state index < -0.39 is 6.04 Å². The summed E-state index contributed by atoms with van der Waals surface area (Å²) in [6, 6.07) is 11.3. The van der Waals surface area contributed by atoms with Gasteiger partial charge in [0.2, 0.25) is 11.1 Å². The van der Waals surface area contributed by atoms with E-state index in [0.29, 0.717) is 46.4 Å². The third-order valence-corrected chi connectivity index (χ3v) is 8.78. The largest absolute Gasteiger partial charge is 0.493 e. The van der Waals surface area contributed by atoms with Gasteiger partial charge in [-0.15, -0.1) is 5.10 Å². The molecule has 1 atom stereocenters. The Morgan fingerprint density at radius 1 is 1.26 bits per heavy atom. The number of thioether (sulfide) groups is 1. The van der Waals surface area contributed by atoms with Crippen LogP contribution < -0.4 is 14.8 Å². The van der Waals surface area contributed by atoms with Gasteiger partial charge in [0.05, 0.1) is 18.2 Å². The Kier molecular flexibility index (Phi) is 8.31. The zero-order chi connectivity index (χ0) is 27.7. The van der Waals surface area contributed by atoms with Gasteiger partial charge in [-0.3, -0.25) is 4.79 Å². The molecule has 1 aliphatic carbocycles. The SMILES string of the molecule is CCCCOc1c(Br)cc(C2C3=C(CC(C)(C)CC3=O)Nc3nc(SCc4ccccc4Cl)nn32)cc1OC. The molecule has 1 aliphatic heterocycles. The fourth-order valence-electron chi connectivity index (χ4n) is 5.07. The molecule has 1 unspecified atom stereocenters. The minimum absolute atomic E-state index is 0.114. The van der Waals surface area contributed by atoms with Crippen molar-refractivity contribution in [1.29, 1.82) is 0 Å². The van der Waals surface area contributed by atoms with Crippen molar-refractivity contribution in [3.8, 4) is 11.5 Å². The third kappa shape index (κ3) is 5.86. The van der Waals surface area contributed by atoms with E-state index in [1.807, 2.05) is 41.1 Å². The van der Waals surface area contributed by atoms with Crippen LogP contribution in [0.5, 0.6) is 11.5 Å². The molecule has 0 fully saturated rings. The molecule has 0 saturated carbocycles. The normalized spacial score (nSPS) is 17.9. The van der Waals surface area contributed by atoms with Crippen LogP contribution in [0.15, 0.2) is 57.3 Å². The Morgan fingerprint density at radius 2 is 2.05 bits per heavy atom. The molecule has 206 valence electrons. The number of nitrogens with one attached hydrogen (secondary N) is 1. The summed E-state index contributed by atoms with van der Waals surface area (Å²) in [4.78, 5) is 18.4. The number of hydrogen-bond donors (Lipinski definition) is 1. The molecule has 0 spiro atoms. The van der Waals surface area contributed by atoms with Gasteiger partial charge in [0.25, 0.3) is 0 Å². The highest BCUT2D eigenvalue weighted by Crippen LogP contribution is 2.48. The Bertz CT molecular complexity index is 1440. The second-order valence-electron chi connectivity index (χ2n) is 10.6. The minimum atomic E-state index is -0.447. The molecule has 3 aromatic rings. The number of ether oxygens (including phenoxy) is 2. The van der Waals surface area contributed by atoms with Crippen LogP contribution >= 0.6 is 39.3 Å². The van der Waals surface area contributed by atoms with Gasteiger partial charge < -0.3 is 14.8 Å². The average Bonchev–Trinajstić information content (AvgIpc) is 3.29. The first kappa shape index (κ1) is 28.1. The lowest BCUT2D eigenvalue weighted by Gasteiger charge is -2.38. The summed E-state index contributed by atoms with van der Waals surface area (Å²) < 4.78 is 14.4. The molecule has 7 nitrogen and oxygen atoms in total. The maximum absolute atomic E-state index is 13.6. The van der Waals surface area contributed by atoms with Crippen LogP contribution in [0.2, 0.25) is 5.02 Å². The van der Waals surface area contributed by atoms with Gasteiger partial charge in [0, 0.05) is 28.5 Å². The Balaban J connectivity index is 1.56. The molecule has 0 bridgehead atoms. The maximum atomic E-state index is 13.6. The van der Waals surface area contributed by atoms with Crippen LogP contribution in [0.1, 0.15) is 63.6 Å². The van der Waals surface area contributed by atoms with Gasteiger partial charge in [0.1, 0.15) is 6.04 Å². The number of carbonyl (C=O) groups excluding carboxylic acids is 1. The predicted molar refractivity (Wildman–Crippen MR) is 159 cm³/mol. The summed E-state index contributed by atoms with van der Waals surface area (Å²) >= 11 is 11.6. The van der Waals surface area contributed by atoms with Crippen LogP contribution in [0.4, 0.5) is 5.95 Å². The number of halogens is 2. The summed E-state index contributed by atoms with van der Waals surface area (Å²) in [5.74, 6) is 2.63. The van der Waals surface area contributed by atoms with Gasteiger partial charge >= 0.3 is 0 Å². The van der Waals surface area contributed by atoms with Crippen molar-refractivity contribution >= 4 is 51.0 Å². The van der Waals surface area contributed by atoms with Crippen molar-refractivity contribution in [2.75, 3.05) is 19.0 Å². The number of Topliss-reactive ketones (excluding diaryl/α,β-unsaturated/α-hetero) is 1. The third-order valence-electron chi connectivity index (χ3n) is 6.94. The highest BCUT2D eigenvalue weighted by Gasteiger charge is 2.42. The molecule has 0 radical (unpaired) electrons. The van der Waals surface area contributed by atoms with Crippen LogP contribution in [-0.2, 0) is 10.5 Å². The van der Waals surface area contributed by atoms with E-state index >= 15 is 0 Å². The van der Waals surface area contributed by atoms with Crippen LogP contribution in [0, 0.1) is 5.41 Å². The smallest absolute Gasteiger partial charge is 0.227 e. The number of nitrogens with zero attached hydrogens (tertiary/aromatic N) is 3. The Hall–Kier alpha value is -2.49. The van der Waals surface area contributed by atoms with Gasteiger partial charge in [-0.2, -0.15) is 4.98 Å². The number of ketones is 1. The standard InChI is InChI=1S/C29H32BrClN4O3S/c1-5-6-11-38-26-19(30)12-18(13-23(26)37-4)25-24-21(14-29(2,3)15-22(24)36)32-27-33-28(34-35(25)27)39-16-17-9-7-8-10-20(17)31/h7-10,12-13,25H,5-6,11,14-16H2,1-4H3,(H,32,33,34). The van der Waals surface area contributed by atoms with Crippen LogP contribution in [0.25, 0.3) is 0 Å². The molecule has 10 heteroatoms. The van der Waals surface area contributed by atoms with Gasteiger partial charge in [-0.05, 0) is 63.5 Å². The molecule has 39 heavy (non-hydrogen) atoms. The number of benzene rings is 2. The molecule has 2 heterocycles. The number of unbranched alkanes of at least 4 members (excludes halogenated alkanes) is 1. The molecule has 1 aromatic heterocycles. The van der Waals surface area contributed by atoms with Gasteiger partial charge in [-0.1, -0.05) is 68.8 Å². The van der Waals surface area contributed by atoms with Crippen molar-refractivity contribution in [3.05, 3.63) is 68.3 Å². The topological polar surface area (TPSA) is 78.3 Å². The quantitative estimate of drug-likeness (QED) is 0.190. The molecular weight excluding hydrogens is 600 g/mol. The second-order valence-corrected chi connectivity index (χ2v) is 12.8. The zero-order valence-electron chi connectivity index (χ0n) is 22.5. The highest BCUT2D eigenvalue weighted by atomic mass is 79.9. The molecule has 2 aromatic carbocycles. The molecule has 5 rings (SSSR count). The van der Waals surface area contributed by atoms with E-state index in [1.165, 1.54) is 11.8 Å². The van der Waals surface area contributed by atoms with E-state index in [9.17, 15) is 4.79 Å². The molecule has 0 saturated heterocycles. The van der Waals surface area contributed by atoms with Crippen molar-refractivity contribution in [1.82, 2.24) is 14.8 Å². The molecular formula is C29H32BrClN4O3S. The number of methoxy groups -OCH3 is 1. The summed E-state index contributed by atoms with van der Waals surface area (Å²) in [5, 5.41) is 9.64. The first-order valence-corrected chi connectivity index (χ1v) is 15.2. The fraction of sp³-hybridized carbons (Fsp3) is 0.414. The first-order valence-electron chi connectivity index (χ1n) is 13.1. The number of carbonyl (C=O) groups is 1. The van der Waals surface area contributed by atoms with E-state index in [-0.39, 0.29) is 11.2 Å². The number of allylic oxidation sites excluding steroid dienone is 2. The zero-order valence-corrected chi connectivity index (χ0v) is 25.7. The first-order chi connectivity index (χ1) is 18.7. The van der Waals surface area contributed by atoms with Gasteiger partial charge in [-0.25, -0.2) is 4.68 Å². The average molecular weight is 632 g/mol. The summed E-state index contributed by atoms with van der Waals surface area (Å²) in [6.45, 7) is 6.97. The highest BCUT2D eigenvalue weighted by molar-refractivity contribution is 9.10. The van der Waals surface area contributed by atoms with Crippen molar-refractivity contribution in [3.63, 3.8) is 0 Å². The number of rotatable bonds is 9. The lowest BCUT2D eigenvalue weighted by molar-refractivity contribution is -0.118. The Labute approximate surface area is 246 Å². The fourth-order valence-corrected chi connectivity index (χ4v) is 6.76. The van der Waals surface area contributed by atoms with Gasteiger partial charge in [0.15, 0.2) is 17.3 Å². The number of aromatic nitrogens is 3. The van der Waals surface area contributed by atoms with E-state index in [4.69, 9.17) is 31.2 Å². The predicted octanol–water partition coefficient (Wildman–Crippen LogP) is 7.83. The minimum Gasteiger partial charge on any atom is -0.493 e. The number of anilines is 1. The molecule has 1 N–H and O–H groups in total. The second kappa shape index (κ2) is 11.6.